The topological polar surface area (TPSA) is 80.9 Å². The van der Waals surface area contributed by atoms with Crippen molar-refractivity contribution in [2.24, 2.45) is 4.99 Å². The van der Waals surface area contributed by atoms with Crippen LogP contribution in [0, 0.1) is 0 Å². The van der Waals surface area contributed by atoms with Crippen LogP contribution in [0.25, 0.3) is 6.08 Å². The predicted octanol–water partition coefficient (Wildman–Crippen LogP) is 3.87. The van der Waals surface area contributed by atoms with E-state index in [9.17, 15) is 14.7 Å². The quantitative estimate of drug-likeness (QED) is 0.558. The fraction of sp³-hybridized carbons (Fsp3) is 0.190. The lowest BCUT2D eigenvalue weighted by Crippen LogP contribution is -2.39. The van der Waals surface area contributed by atoms with E-state index < -0.39 is 12.0 Å². The van der Waals surface area contributed by atoms with Gasteiger partial charge >= 0.3 is 5.97 Å². The minimum Gasteiger partial charge on any atom is -0.506 e. The lowest BCUT2D eigenvalue weighted by Gasteiger charge is -2.23. The number of aromatic nitrogens is 1. The van der Waals surface area contributed by atoms with Crippen LogP contribution < -0.4 is 14.9 Å². The zero-order valence-electron chi connectivity index (χ0n) is 16.4. The Hall–Kier alpha value is -2.39. The van der Waals surface area contributed by atoms with Crippen LogP contribution in [-0.2, 0) is 9.53 Å². The fourth-order valence-corrected chi connectivity index (χ4v) is 5.71. The number of nitrogens with zero attached hydrogens (tertiary/aromatic N) is 2. The number of carbonyl (C=O) groups excluding carboxylic acids is 1. The Balaban J connectivity index is 1.97. The summed E-state index contributed by atoms with van der Waals surface area (Å²) in [6, 6.07) is 6.03. The summed E-state index contributed by atoms with van der Waals surface area (Å²) in [4.78, 5) is 31.9. The number of thiophene rings is 1. The number of esters is 1. The van der Waals surface area contributed by atoms with E-state index >= 15 is 0 Å². The number of rotatable bonds is 4. The average molecular weight is 495 g/mol. The van der Waals surface area contributed by atoms with Gasteiger partial charge in [0.05, 0.1) is 27.4 Å². The minimum atomic E-state index is -0.644. The van der Waals surface area contributed by atoms with Crippen LogP contribution in [0.5, 0.6) is 5.75 Å². The second-order valence-electron chi connectivity index (χ2n) is 6.64. The SMILES string of the molecule is CCOC(=O)C1=C(C)N=c2s/c(=C/c3cc(Cl)cc(Cl)c3O)c(=O)n2[C@H]1c1cccs1. The van der Waals surface area contributed by atoms with Crippen molar-refractivity contribution in [1.82, 2.24) is 4.57 Å². The number of thiazole rings is 1. The van der Waals surface area contributed by atoms with Gasteiger partial charge in [0, 0.05) is 15.5 Å². The molecule has 1 aliphatic rings. The maximum atomic E-state index is 13.4. The van der Waals surface area contributed by atoms with Crippen molar-refractivity contribution in [3.05, 3.63) is 81.1 Å². The van der Waals surface area contributed by atoms with Crippen molar-refractivity contribution < 1.29 is 14.6 Å². The largest absolute Gasteiger partial charge is 0.506 e. The number of hydrogen-bond acceptors (Lipinski definition) is 7. The third kappa shape index (κ3) is 3.96. The standard InChI is InChI=1S/C21H16Cl2N2O4S2/c1-3-29-20(28)16-10(2)24-21-25(17(16)14-5-4-6-30-14)19(27)15(31-21)8-11-7-12(22)9-13(23)18(11)26/h4-9,17,26H,3H2,1-2H3/b15-8+/t17-/m0/s1. The maximum absolute atomic E-state index is 13.4. The molecule has 0 spiro atoms. The van der Waals surface area contributed by atoms with Crippen LogP contribution in [0.2, 0.25) is 10.0 Å². The van der Waals surface area contributed by atoms with Crippen LogP contribution in [0.15, 0.2) is 50.7 Å². The van der Waals surface area contributed by atoms with Crippen LogP contribution in [0.3, 0.4) is 0 Å². The highest BCUT2D eigenvalue weighted by Gasteiger charge is 2.33. The number of benzene rings is 1. The number of fused-ring (bicyclic) bond motifs is 1. The number of aromatic hydroxyl groups is 1. The van der Waals surface area contributed by atoms with Crippen LogP contribution >= 0.6 is 45.9 Å². The lowest BCUT2D eigenvalue weighted by molar-refractivity contribution is -0.139. The summed E-state index contributed by atoms with van der Waals surface area (Å²) >= 11 is 14.7. The van der Waals surface area contributed by atoms with Crippen molar-refractivity contribution in [3.8, 4) is 5.75 Å². The predicted molar refractivity (Wildman–Crippen MR) is 123 cm³/mol. The number of ether oxygens (including phenoxy) is 1. The van der Waals surface area contributed by atoms with E-state index in [1.165, 1.54) is 34.1 Å². The zero-order chi connectivity index (χ0) is 22.3. The molecule has 1 atom stereocenters. The molecule has 0 radical (unpaired) electrons. The molecule has 0 fully saturated rings. The molecule has 31 heavy (non-hydrogen) atoms. The van der Waals surface area contributed by atoms with Gasteiger partial charge in [-0.1, -0.05) is 40.6 Å². The van der Waals surface area contributed by atoms with Crippen molar-refractivity contribution in [3.63, 3.8) is 0 Å². The third-order valence-electron chi connectivity index (χ3n) is 4.67. The number of carbonyl (C=O) groups is 1. The summed E-state index contributed by atoms with van der Waals surface area (Å²) in [5, 5.41) is 12.6. The molecule has 1 N–H and O–H groups in total. The second-order valence-corrected chi connectivity index (χ2v) is 9.48. The molecule has 0 saturated heterocycles. The molecule has 3 heterocycles. The van der Waals surface area contributed by atoms with E-state index in [1.54, 1.807) is 13.8 Å². The Bertz CT molecular complexity index is 1390. The summed E-state index contributed by atoms with van der Waals surface area (Å²) in [6.07, 6.45) is 1.52. The Morgan fingerprint density at radius 3 is 2.84 bits per heavy atom. The van der Waals surface area contributed by atoms with E-state index in [4.69, 9.17) is 27.9 Å². The molecule has 0 bridgehead atoms. The molecule has 3 aromatic rings. The molecule has 1 aromatic carbocycles. The Kier molecular flexibility index (Phi) is 6.07. The Morgan fingerprint density at radius 2 is 2.16 bits per heavy atom. The molecule has 2 aromatic heterocycles. The first kappa shape index (κ1) is 21.8. The highest BCUT2D eigenvalue weighted by Crippen LogP contribution is 2.34. The monoisotopic (exact) mass is 494 g/mol. The summed E-state index contributed by atoms with van der Waals surface area (Å²) in [5.41, 5.74) is 0.805. The van der Waals surface area contributed by atoms with Gasteiger partial charge in [0.15, 0.2) is 4.80 Å². The zero-order valence-corrected chi connectivity index (χ0v) is 19.5. The van der Waals surface area contributed by atoms with Gasteiger partial charge in [-0.2, -0.15) is 0 Å². The molecule has 4 rings (SSSR count). The molecular formula is C21H16Cl2N2O4S2. The van der Waals surface area contributed by atoms with Crippen molar-refractivity contribution in [2.75, 3.05) is 6.61 Å². The summed E-state index contributed by atoms with van der Waals surface area (Å²) in [5.74, 6) is -0.675. The van der Waals surface area contributed by atoms with Gasteiger partial charge in [-0.25, -0.2) is 9.79 Å². The molecule has 0 unspecified atom stereocenters. The molecule has 10 heteroatoms. The molecule has 0 aliphatic carbocycles. The third-order valence-corrected chi connectivity index (χ3v) is 7.09. The van der Waals surface area contributed by atoms with Crippen LogP contribution in [0.1, 0.15) is 30.3 Å². The molecule has 0 amide bonds. The van der Waals surface area contributed by atoms with E-state index in [1.807, 2.05) is 17.5 Å². The second kappa shape index (κ2) is 8.63. The lowest BCUT2D eigenvalue weighted by atomic mass is 10.0. The first-order valence-corrected chi connectivity index (χ1v) is 11.7. The van der Waals surface area contributed by atoms with E-state index in [2.05, 4.69) is 4.99 Å². The van der Waals surface area contributed by atoms with Crippen LogP contribution in [-0.4, -0.2) is 22.2 Å². The van der Waals surface area contributed by atoms with E-state index in [0.717, 1.165) is 16.2 Å². The van der Waals surface area contributed by atoms with Gasteiger partial charge in [0.25, 0.3) is 5.56 Å². The minimum absolute atomic E-state index is 0.0865. The number of hydrogen-bond donors (Lipinski definition) is 1. The summed E-state index contributed by atoms with van der Waals surface area (Å²) < 4.78 is 7.06. The fourth-order valence-electron chi connectivity index (χ4n) is 3.34. The Labute approximate surface area is 195 Å². The van der Waals surface area contributed by atoms with Gasteiger partial charge in [-0.3, -0.25) is 9.36 Å². The number of halogens is 2. The van der Waals surface area contributed by atoms with E-state index in [0.29, 0.717) is 31.2 Å². The molecular weight excluding hydrogens is 479 g/mol. The van der Waals surface area contributed by atoms with E-state index in [-0.39, 0.29) is 22.9 Å². The Morgan fingerprint density at radius 1 is 1.39 bits per heavy atom. The molecule has 6 nitrogen and oxygen atoms in total. The normalized spacial score (nSPS) is 16.3. The number of allylic oxidation sites excluding steroid dienone is 1. The van der Waals surface area contributed by atoms with Gasteiger partial charge in [-0.05, 0) is 43.5 Å². The number of phenols is 1. The van der Waals surface area contributed by atoms with Gasteiger partial charge in [0.1, 0.15) is 11.8 Å². The molecule has 160 valence electrons. The average Bonchev–Trinajstić information content (AvgIpc) is 3.34. The van der Waals surface area contributed by atoms with Gasteiger partial charge < -0.3 is 9.84 Å². The molecule has 0 saturated carbocycles. The molecule has 1 aliphatic heterocycles. The van der Waals surface area contributed by atoms with Crippen molar-refractivity contribution >= 4 is 57.9 Å². The van der Waals surface area contributed by atoms with Gasteiger partial charge in [0.2, 0.25) is 0 Å². The number of phenolic OH excluding ortho intramolecular Hbond substituents is 1. The van der Waals surface area contributed by atoms with Crippen LogP contribution in [0.4, 0.5) is 0 Å². The first-order chi connectivity index (χ1) is 14.8. The highest BCUT2D eigenvalue weighted by molar-refractivity contribution is 7.10. The maximum Gasteiger partial charge on any atom is 0.338 e. The first-order valence-electron chi connectivity index (χ1n) is 9.23. The summed E-state index contributed by atoms with van der Waals surface area (Å²) in [6.45, 7) is 3.67. The van der Waals surface area contributed by atoms with Crippen molar-refractivity contribution in [2.45, 2.75) is 19.9 Å². The van der Waals surface area contributed by atoms with Gasteiger partial charge in [-0.15, -0.1) is 11.3 Å². The van der Waals surface area contributed by atoms with Crippen molar-refractivity contribution in [1.29, 1.82) is 0 Å². The highest BCUT2D eigenvalue weighted by atomic mass is 35.5. The smallest absolute Gasteiger partial charge is 0.338 e. The summed E-state index contributed by atoms with van der Waals surface area (Å²) in [7, 11) is 0.